The molecule has 160 valence electrons. The van der Waals surface area contributed by atoms with E-state index in [0.717, 1.165) is 38.0 Å². The predicted molar refractivity (Wildman–Crippen MR) is 117 cm³/mol. The minimum atomic E-state index is -0.678. The zero-order valence-electron chi connectivity index (χ0n) is 17.1. The van der Waals surface area contributed by atoms with Crippen molar-refractivity contribution < 1.29 is 14.7 Å². The van der Waals surface area contributed by atoms with Gasteiger partial charge in [-0.1, -0.05) is 48.0 Å². The smallest absolute Gasteiger partial charge is 0.253 e. The Balaban J connectivity index is 1.44. The highest BCUT2D eigenvalue weighted by Crippen LogP contribution is 2.15. The lowest BCUT2D eigenvalue weighted by atomic mass is 10.1. The van der Waals surface area contributed by atoms with Crippen LogP contribution in [-0.2, 0) is 17.9 Å². The fourth-order valence-electron chi connectivity index (χ4n) is 3.43. The van der Waals surface area contributed by atoms with Crippen LogP contribution in [0.4, 0.5) is 0 Å². The van der Waals surface area contributed by atoms with Crippen LogP contribution in [0.1, 0.15) is 41.3 Å². The summed E-state index contributed by atoms with van der Waals surface area (Å²) in [5.74, 6) is -0.635. The molecule has 3 rings (SSSR count). The molecule has 1 aliphatic heterocycles. The van der Waals surface area contributed by atoms with Gasteiger partial charge < -0.3 is 15.7 Å². The average molecular weight is 430 g/mol. The molecule has 30 heavy (non-hydrogen) atoms. The molecule has 1 heterocycles. The average Bonchev–Trinajstić information content (AvgIpc) is 2.74. The molecule has 1 fully saturated rings. The Morgan fingerprint density at radius 3 is 2.40 bits per heavy atom. The third-order valence-corrected chi connectivity index (χ3v) is 5.64. The molecule has 0 radical (unpaired) electrons. The fourth-order valence-corrected chi connectivity index (χ4v) is 3.65. The number of benzene rings is 2. The van der Waals surface area contributed by atoms with Crippen molar-refractivity contribution in [1.82, 2.24) is 15.5 Å². The summed E-state index contributed by atoms with van der Waals surface area (Å²) >= 11 is 6.03. The zero-order chi connectivity index (χ0) is 21.5. The molecule has 1 aliphatic rings. The number of rotatable bonds is 7. The Morgan fingerprint density at radius 2 is 1.73 bits per heavy atom. The van der Waals surface area contributed by atoms with Gasteiger partial charge in [0, 0.05) is 26.2 Å². The van der Waals surface area contributed by atoms with Crippen LogP contribution in [0.15, 0.2) is 48.5 Å². The number of aliphatic hydroxyl groups is 1. The number of amides is 2. The summed E-state index contributed by atoms with van der Waals surface area (Å²) in [6.45, 7) is 4.72. The molecule has 0 bridgehead atoms. The van der Waals surface area contributed by atoms with Crippen LogP contribution >= 0.6 is 11.6 Å². The summed E-state index contributed by atoms with van der Waals surface area (Å²) < 4.78 is 0. The van der Waals surface area contributed by atoms with Crippen molar-refractivity contribution in [2.75, 3.05) is 13.1 Å². The number of carbonyl (C=O) groups excluding carboxylic acids is 2. The van der Waals surface area contributed by atoms with Crippen LogP contribution in [0, 0.1) is 0 Å². The van der Waals surface area contributed by atoms with E-state index >= 15 is 0 Å². The van der Waals surface area contributed by atoms with Crippen molar-refractivity contribution in [2.45, 2.75) is 45.0 Å². The van der Waals surface area contributed by atoms with Crippen LogP contribution in [0.2, 0.25) is 5.02 Å². The molecule has 7 heteroatoms. The second kappa shape index (κ2) is 10.6. The molecule has 1 atom stereocenters. The van der Waals surface area contributed by atoms with Gasteiger partial charge in [-0.3, -0.25) is 14.5 Å². The summed E-state index contributed by atoms with van der Waals surface area (Å²) in [5.41, 5.74) is 2.55. The fraction of sp³-hybridized carbons (Fsp3) is 0.391. The topological polar surface area (TPSA) is 81.7 Å². The number of aliphatic hydroxyl groups excluding tert-OH is 1. The lowest BCUT2D eigenvalue weighted by Gasteiger charge is -2.29. The van der Waals surface area contributed by atoms with E-state index in [1.165, 1.54) is 5.56 Å². The quantitative estimate of drug-likeness (QED) is 0.632. The van der Waals surface area contributed by atoms with E-state index < -0.39 is 6.04 Å². The number of halogens is 1. The van der Waals surface area contributed by atoms with Gasteiger partial charge in [0.1, 0.15) is 6.04 Å². The normalized spacial score (nSPS) is 16.1. The molecule has 3 N–H and O–H groups in total. The third-order valence-electron chi connectivity index (χ3n) is 5.31. The van der Waals surface area contributed by atoms with Gasteiger partial charge in [0.05, 0.1) is 16.7 Å². The van der Waals surface area contributed by atoms with Crippen LogP contribution < -0.4 is 10.6 Å². The molecule has 0 aromatic heterocycles. The van der Waals surface area contributed by atoms with Crippen molar-refractivity contribution in [3.05, 3.63) is 70.2 Å². The summed E-state index contributed by atoms with van der Waals surface area (Å²) in [5, 5.41) is 15.5. The third kappa shape index (κ3) is 6.29. The van der Waals surface area contributed by atoms with Gasteiger partial charge in [0.25, 0.3) is 5.91 Å². The van der Waals surface area contributed by atoms with Gasteiger partial charge in [0.15, 0.2) is 0 Å². The molecule has 0 saturated carbocycles. The molecule has 0 aliphatic carbocycles. The van der Waals surface area contributed by atoms with Gasteiger partial charge in [-0.2, -0.15) is 0 Å². The molecule has 2 aromatic carbocycles. The molecular weight excluding hydrogens is 402 g/mol. The van der Waals surface area contributed by atoms with E-state index in [1.807, 2.05) is 12.1 Å². The maximum Gasteiger partial charge on any atom is 0.253 e. The summed E-state index contributed by atoms with van der Waals surface area (Å²) in [7, 11) is 0. The molecular formula is C23H28ClN3O3. The van der Waals surface area contributed by atoms with Crippen LogP contribution in [0.3, 0.4) is 0 Å². The Hall–Kier alpha value is -2.41. The van der Waals surface area contributed by atoms with Gasteiger partial charge in [-0.05, 0) is 43.0 Å². The van der Waals surface area contributed by atoms with Crippen molar-refractivity contribution in [3.63, 3.8) is 0 Å². The number of nitrogens with zero attached hydrogens (tertiary/aromatic N) is 1. The summed E-state index contributed by atoms with van der Waals surface area (Å²) in [4.78, 5) is 27.0. The van der Waals surface area contributed by atoms with Gasteiger partial charge in [-0.25, -0.2) is 0 Å². The number of hydrogen-bond acceptors (Lipinski definition) is 4. The molecule has 6 nitrogen and oxygen atoms in total. The second-order valence-electron chi connectivity index (χ2n) is 7.72. The summed E-state index contributed by atoms with van der Waals surface area (Å²) in [6.07, 6.45) is 1.49. The highest BCUT2D eigenvalue weighted by atomic mass is 35.5. The Morgan fingerprint density at radius 1 is 1.10 bits per heavy atom. The van der Waals surface area contributed by atoms with Crippen LogP contribution in [0.25, 0.3) is 0 Å². The number of nitrogens with one attached hydrogen (secondary N) is 2. The maximum atomic E-state index is 12.3. The number of hydrogen-bond donors (Lipinski definition) is 3. The molecule has 2 aromatic rings. The molecule has 0 spiro atoms. The van der Waals surface area contributed by atoms with Crippen molar-refractivity contribution in [2.24, 2.45) is 0 Å². The SMILES string of the molecule is CC(NC(=O)c1ccccc1Cl)C(=O)NCc1ccc(CN2CCC(O)CC2)cc1. The highest BCUT2D eigenvalue weighted by molar-refractivity contribution is 6.33. The lowest BCUT2D eigenvalue weighted by molar-refractivity contribution is -0.122. The van der Waals surface area contributed by atoms with Gasteiger partial charge in [0.2, 0.25) is 5.91 Å². The minimum absolute atomic E-state index is 0.163. The Kier molecular flexibility index (Phi) is 7.85. The molecule has 1 unspecified atom stereocenters. The zero-order valence-corrected chi connectivity index (χ0v) is 17.9. The molecule has 2 amide bonds. The van der Waals surface area contributed by atoms with Crippen molar-refractivity contribution in [1.29, 1.82) is 0 Å². The summed E-state index contributed by atoms with van der Waals surface area (Å²) in [6, 6.07) is 14.2. The first-order chi connectivity index (χ1) is 14.4. The minimum Gasteiger partial charge on any atom is -0.393 e. The first kappa shape index (κ1) is 22.3. The van der Waals surface area contributed by atoms with Crippen LogP contribution in [-0.4, -0.2) is 47.1 Å². The molecule has 1 saturated heterocycles. The van der Waals surface area contributed by atoms with Crippen molar-refractivity contribution >= 4 is 23.4 Å². The van der Waals surface area contributed by atoms with Crippen LogP contribution in [0.5, 0.6) is 0 Å². The number of carbonyl (C=O) groups is 2. The number of piperidine rings is 1. The van der Waals surface area contributed by atoms with E-state index in [4.69, 9.17) is 11.6 Å². The van der Waals surface area contributed by atoms with Gasteiger partial charge >= 0.3 is 0 Å². The lowest BCUT2D eigenvalue weighted by Crippen LogP contribution is -2.44. The number of likely N-dealkylation sites (tertiary alicyclic amines) is 1. The van der Waals surface area contributed by atoms with Crippen molar-refractivity contribution in [3.8, 4) is 0 Å². The second-order valence-corrected chi connectivity index (χ2v) is 8.12. The Bertz CT molecular complexity index is 864. The first-order valence-electron chi connectivity index (χ1n) is 10.2. The van der Waals surface area contributed by atoms with E-state index in [1.54, 1.807) is 31.2 Å². The maximum absolute atomic E-state index is 12.3. The van der Waals surface area contributed by atoms with E-state index in [-0.39, 0.29) is 17.9 Å². The monoisotopic (exact) mass is 429 g/mol. The van der Waals surface area contributed by atoms with E-state index in [9.17, 15) is 14.7 Å². The first-order valence-corrected chi connectivity index (χ1v) is 10.6. The standard InChI is InChI=1S/C23H28ClN3O3/c1-16(26-23(30)20-4-2-3-5-21(20)24)22(29)25-14-17-6-8-18(9-7-17)15-27-12-10-19(28)11-13-27/h2-9,16,19,28H,10-15H2,1H3,(H,25,29)(H,26,30). The highest BCUT2D eigenvalue weighted by Gasteiger charge is 2.18. The largest absolute Gasteiger partial charge is 0.393 e. The van der Waals surface area contributed by atoms with E-state index in [2.05, 4.69) is 27.7 Å². The Labute approximate surface area is 182 Å². The predicted octanol–water partition coefficient (Wildman–Crippen LogP) is 2.73. The van der Waals surface area contributed by atoms with Gasteiger partial charge in [-0.15, -0.1) is 0 Å². The van der Waals surface area contributed by atoms with E-state index in [0.29, 0.717) is 17.1 Å².